The van der Waals surface area contributed by atoms with Crippen LogP contribution in [0.1, 0.15) is 37.5 Å². The molecule has 0 radical (unpaired) electrons. The van der Waals surface area contributed by atoms with Crippen LogP contribution in [0.2, 0.25) is 0 Å². The largest absolute Gasteiger partial charge is 0.507 e. The van der Waals surface area contributed by atoms with Crippen LogP contribution in [0.3, 0.4) is 0 Å². The van der Waals surface area contributed by atoms with E-state index in [4.69, 9.17) is 14.3 Å². The minimum Gasteiger partial charge on any atom is -0.507 e. The zero-order valence-corrected chi connectivity index (χ0v) is 17.6. The molecule has 0 fully saturated rings. The fourth-order valence-electron chi connectivity index (χ4n) is 2.80. The number of pyridine rings is 1. The van der Waals surface area contributed by atoms with Crippen molar-refractivity contribution in [1.29, 1.82) is 0 Å². The number of hydrogen-bond acceptors (Lipinski definition) is 7. The SMILES string of the molecule is C/C(=N\OCc1ccc(C(F)(F)F)cc1)c1ccc(OCC2=C(O)C(C)(C)OC2=O)nc1. The Bertz CT molecular complexity index is 1040. The lowest BCUT2D eigenvalue weighted by atomic mass is 10.1. The number of hydrogen-bond donors (Lipinski definition) is 1. The minimum absolute atomic E-state index is 0.00908. The molecule has 0 aliphatic carbocycles. The highest BCUT2D eigenvalue weighted by Crippen LogP contribution is 2.31. The number of carbonyl (C=O) groups is 1. The molecular weight excluding hydrogens is 429 g/mol. The van der Waals surface area contributed by atoms with E-state index in [0.29, 0.717) is 16.8 Å². The standard InChI is InChI=1S/C22H21F3N2O5/c1-13(27-31-11-14-4-7-16(8-5-14)22(23,24)25)15-6-9-18(26-10-15)30-12-17-19(28)21(2,3)32-20(17)29/h4-10,28H,11-12H2,1-3H3/b27-13+. The van der Waals surface area contributed by atoms with Crippen LogP contribution in [-0.4, -0.2) is 34.0 Å². The highest BCUT2D eigenvalue weighted by Gasteiger charge is 2.41. The molecule has 170 valence electrons. The van der Waals surface area contributed by atoms with Crippen molar-refractivity contribution in [3.05, 3.63) is 70.6 Å². The maximum absolute atomic E-state index is 12.6. The number of nitrogens with zero attached hydrogens (tertiary/aromatic N) is 2. The number of aliphatic hydroxyl groups is 1. The van der Waals surface area contributed by atoms with Crippen molar-refractivity contribution < 1.29 is 37.4 Å². The van der Waals surface area contributed by atoms with Gasteiger partial charge in [0.05, 0.1) is 11.3 Å². The van der Waals surface area contributed by atoms with Gasteiger partial charge in [-0.3, -0.25) is 0 Å². The Kier molecular flexibility index (Phi) is 6.42. The lowest BCUT2D eigenvalue weighted by molar-refractivity contribution is -0.145. The second kappa shape index (κ2) is 8.89. The molecule has 1 aromatic heterocycles. The molecule has 0 spiro atoms. The van der Waals surface area contributed by atoms with E-state index in [1.165, 1.54) is 18.3 Å². The maximum atomic E-state index is 12.6. The van der Waals surface area contributed by atoms with Gasteiger partial charge < -0.3 is 19.4 Å². The first-order chi connectivity index (χ1) is 15.0. The predicted octanol–water partition coefficient (Wildman–Crippen LogP) is 4.57. The van der Waals surface area contributed by atoms with E-state index in [1.54, 1.807) is 32.9 Å². The summed E-state index contributed by atoms with van der Waals surface area (Å²) in [7, 11) is 0. The quantitative estimate of drug-likeness (QED) is 0.378. The number of esters is 1. The molecule has 0 bridgehead atoms. The molecule has 3 rings (SSSR count). The van der Waals surface area contributed by atoms with Crippen molar-refractivity contribution >= 4 is 11.7 Å². The van der Waals surface area contributed by atoms with Gasteiger partial charge in [-0.05, 0) is 44.5 Å². The lowest BCUT2D eigenvalue weighted by Gasteiger charge is -2.16. The van der Waals surface area contributed by atoms with Crippen molar-refractivity contribution in [3.8, 4) is 5.88 Å². The minimum atomic E-state index is -4.38. The van der Waals surface area contributed by atoms with Crippen molar-refractivity contribution in [2.45, 2.75) is 39.2 Å². The zero-order valence-electron chi connectivity index (χ0n) is 17.6. The molecule has 7 nitrogen and oxygen atoms in total. The normalized spacial score (nSPS) is 16.2. The average molecular weight is 450 g/mol. The Hall–Kier alpha value is -3.56. The summed E-state index contributed by atoms with van der Waals surface area (Å²) in [6.45, 7) is 4.65. The van der Waals surface area contributed by atoms with E-state index in [-0.39, 0.29) is 30.4 Å². The lowest BCUT2D eigenvalue weighted by Crippen LogP contribution is -2.22. The Labute approximate surface area is 182 Å². The number of aliphatic hydroxyl groups excluding tert-OH is 1. The highest BCUT2D eigenvalue weighted by atomic mass is 19.4. The number of cyclic esters (lactones) is 1. The van der Waals surface area contributed by atoms with E-state index >= 15 is 0 Å². The first-order valence-corrected chi connectivity index (χ1v) is 9.55. The number of alkyl halides is 3. The van der Waals surface area contributed by atoms with Gasteiger partial charge in [0, 0.05) is 17.8 Å². The summed E-state index contributed by atoms with van der Waals surface area (Å²) in [6.07, 6.45) is -2.90. The molecule has 1 aromatic carbocycles. The molecule has 10 heteroatoms. The van der Waals surface area contributed by atoms with Crippen LogP contribution in [0.25, 0.3) is 0 Å². The average Bonchev–Trinajstić information content (AvgIpc) is 2.93. The fraction of sp³-hybridized carbons (Fsp3) is 0.318. The molecule has 1 N–H and O–H groups in total. The van der Waals surface area contributed by atoms with Crippen LogP contribution in [-0.2, 0) is 27.2 Å². The van der Waals surface area contributed by atoms with Crippen LogP contribution in [0.5, 0.6) is 5.88 Å². The van der Waals surface area contributed by atoms with E-state index in [1.807, 2.05) is 0 Å². The third-order valence-corrected chi connectivity index (χ3v) is 4.68. The molecule has 1 aliphatic heterocycles. The second-order valence-electron chi connectivity index (χ2n) is 7.55. The van der Waals surface area contributed by atoms with E-state index in [2.05, 4.69) is 10.1 Å². The summed E-state index contributed by atoms with van der Waals surface area (Å²) in [5, 5.41) is 14.0. The van der Waals surface area contributed by atoms with Gasteiger partial charge in [-0.1, -0.05) is 17.3 Å². The third kappa shape index (κ3) is 5.37. The molecule has 0 saturated heterocycles. The van der Waals surface area contributed by atoms with Crippen molar-refractivity contribution in [1.82, 2.24) is 4.98 Å². The fourth-order valence-corrected chi connectivity index (χ4v) is 2.80. The van der Waals surface area contributed by atoms with E-state index in [9.17, 15) is 23.1 Å². The van der Waals surface area contributed by atoms with Crippen LogP contribution in [0, 0.1) is 0 Å². The number of benzene rings is 1. The van der Waals surface area contributed by atoms with Gasteiger partial charge in [0.1, 0.15) is 24.5 Å². The van der Waals surface area contributed by atoms with Crippen LogP contribution < -0.4 is 4.74 Å². The van der Waals surface area contributed by atoms with E-state index in [0.717, 1.165) is 12.1 Å². The first kappa shape index (κ1) is 23.1. The van der Waals surface area contributed by atoms with Crippen LogP contribution in [0.15, 0.2) is 59.1 Å². The maximum Gasteiger partial charge on any atom is 0.416 e. The van der Waals surface area contributed by atoms with Gasteiger partial charge in [-0.2, -0.15) is 13.2 Å². The topological polar surface area (TPSA) is 90.2 Å². The zero-order chi connectivity index (χ0) is 23.5. The van der Waals surface area contributed by atoms with Gasteiger partial charge in [0.2, 0.25) is 5.88 Å². The van der Waals surface area contributed by atoms with Gasteiger partial charge >= 0.3 is 12.1 Å². The number of carbonyl (C=O) groups excluding carboxylic acids is 1. The summed E-state index contributed by atoms with van der Waals surface area (Å²) in [4.78, 5) is 21.1. The molecule has 0 atom stereocenters. The molecule has 1 aliphatic rings. The molecule has 0 saturated carbocycles. The Morgan fingerprint density at radius 1 is 1.16 bits per heavy atom. The van der Waals surface area contributed by atoms with Gasteiger partial charge in [0.15, 0.2) is 5.60 Å². The van der Waals surface area contributed by atoms with E-state index < -0.39 is 23.3 Å². The van der Waals surface area contributed by atoms with Crippen molar-refractivity contribution in [3.63, 3.8) is 0 Å². The second-order valence-corrected chi connectivity index (χ2v) is 7.55. The molecule has 2 heterocycles. The van der Waals surface area contributed by atoms with Crippen LogP contribution >= 0.6 is 0 Å². The van der Waals surface area contributed by atoms with Crippen LogP contribution in [0.4, 0.5) is 13.2 Å². The number of ether oxygens (including phenoxy) is 2. The number of halogens is 3. The Morgan fingerprint density at radius 2 is 1.84 bits per heavy atom. The molecule has 2 aromatic rings. The third-order valence-electron chi connectivity index (χ3n) is 4.68. The monoisotopic (exact) mass is 450 g/mol. The summed E-state index contributed by atoms with van der Waals surface area (Å²) in [5.41, 5.74) is -0.0982. The van der Waals surface area contributed by atoms with Gasteiger partial charge in [-0.15, -0.1) is 0 Å². The summed E-state index contributed by atoms with van der Waals surface area (Å²) >= 11 is 0. The molecule has 32 heavy (non-hydrogen) atoms. The first-order valence-electron chi connectivity index (χ1n) is 9.55. The Balaban J connectivity index is 1.54. The van der Waals surface area contributed by atoms with Crippen molar-refractivity contribution in [2.24, 2.45) is 5.16 Å². The Morgan fingerprint density at radius 3 is 2.38 bits per heavy atom. The smallest absolute Gasteiger partial charge is 0.416 e. The summed E-state index contributed by atoms with van der Waals surface area (Å²) in [5.74, 6) is -0.588. The number of oxime groups is 1. The molecule has 0 unspecified atom stereocenters. The highest BCUT2D eigenvalue weighted by molar-refractivity contribution is 5.98. The summed E-state index contributed by atoms with van der Waals surface area (Å²) in [6, 6.07) is 7.87. The predicted molar refractivity (Wildman–Crippen MR) is 108 cm³/mol. The molecule has 0 amide bonds. The number of rotatable bonds is 7. The van der Waals surface area contributed by atoms with Crippen molar-refractivity contribution in [2.75, 3.05) is 6.61 Å². The summed E-state index contributed by atoms with van der Waals surface area (Å²) < 4.78 is 48.3. The van der Waals surface area contributed by atoms with Gasteiger partial charge in [-0.25, -0.2) is 9.78 Å². The van der Waals surface area contributed by atoms with Gasteiger partial charge in [0.25, 0.3) is 0 Å². The number of aromatic nitrogens is 1. The molecular formula is C22H21F3N2O5.